The Hall–Kier alpha value is -2.08. The minimum atomic E-state index is -1.36. The molecule has 0 spiro atoms. The van der Waals surface area contributed by atoms with Crippen LogP contribution in [0.15, 0.2) is 60.7 Å². The van der Waals surface area contributed by atoms with Gasteiger partial charge in [0.25, 0.3) is 5.91 Å². The molecule has 1 amide bonds. The highest BCUT2D eigenvalue weighted by molar-refractivity contribution is 6.52. The zero-order chi connectivity index (χ0) is 23.2. The summed E-state index contributed by atoms with van der Waals surface area (Å²) in [6.45, 7) is 0. The van der Waals surface area contributed by atoms with Gasteiger partial charge in [-0.25, -0.2) is 0 Å². The van der Waals surface area contributed by atoms with Crippen LogP contribution in [0.25, 0.3) is 0 Å². The van der Waals surface area contributed by atoms with Crippen LogP contribution in [0, 0.1) is 5.92 Å². The Morgan fingerprint density at radius 3 is 2.12 bits per heavy atom. The van der Waals surface area contributed by atoms with Crippen LogP contribution in [0.3, 0.4) is 0 Å². The van der Waals surface area contributed by atoms with Gasteiger partial charge in [-0.15, -0.1) is 0 Å². The first kappa shape index (κ1) is 23.1. The number of Topliss-reactive ketones (excluding diaryl/α,β-unsaturated/α-hetero) is 2. The molecular formula is C23H12Cl5NO3. The third-order valence-corrected chi connectivity index (χ3v) is 6.97. The summed E-state index contributed by atoms with van der Waals surface area (Å²) in [5.74, 6) is -3.70. The Balaban J connectivity index is 1.89. The number of halogens is 5. The summed E-state index contributed by atoms with van der Waals surface area (Å²) in [5.41, 5.74) is 0.925. The molecule has 2 atom stereocenters. The quantitative estimate of drug-likeness (QED) is 0.157. The van der Waals surface area contributed by atoms with Gasteiger partial charge in [-0.3, -0.25) is 19.3 Å². The normalized spacial score (nSPS) is 18.3. The average molecular weight is 528 g/mol. The molecule has 9 heteroatoms. The molecule has 1 aliphatic rings. The summed E-state index contributed by atoms with van der Waals surface area (Å²) in [7, 11) is 0. The highest BCUT2D eigenvalue weighted by Gasteiger charge is 2.52. The van der Waals surface area contributed by atoms with Crippen LogP contribution in [0.1, 0.15) is 22.0 Å². The van der Waals surface area contributed by atoms with Crippen LogP contribution in [-0.2, 0) is 9.59 Å². The first-order valence-electron chi connectivity index (χ1n) is 9.27. The average Bonchev–Trinajstić information content (AvgIpc) is 3.03. The monoisotopic (exact) mass is 525 g/mol. The van der Waals surface area contributed by atoms with Crippen molar-refractivity contribution in [3.63, 3.8) is 0 Å². The zero-order valence-corrected chi connectivity index (χ0v) is 19.8. The topological polar surface area (TPSA) is 54.5 Å². The fourth-order valence-corrected chi connectivity index (χ4v) is 4.66. The largest absolute Gasteiger partial charge is 0.297 e. The lowest BCUT2D eigenvalue weighted by Gasteiger charge is -2.27. The van der Waals surface area contributed by atoms with Gasteiger partial charge in [-0.05, 0) is 48.0 Å². The van der Waals surface area contributed by atoms with Crippen molar-refractivity contribution in [2.24, 2.45) is 5.92 Å². The summed E-state index contributed by atoms with van der Waals surface area (Å²) in [5, 5.41) is 0.914. The number of carbonyl (C=O) groups is 3. The lowest BCUT2D eigenvalue weighted by Crippen LogP contribution is -2.30. The molecule has 0 N–H and O–H groups in total. The number of benzene rings is 3. The Morgan fingerprint density at radius 2 is 1.47 bits per heavy atom. The second kappa shape index (κ2) is 9.05. The first-order valence-corrected chi connectivity index (χ1v) is 11.2. The van der Waals surface area contributed by atoms with Crippen molar-refractivity contribution in [1.82, 2.24) is 0 Å². The van der Waals surface area contributed by atoms with Gasteiger partial charge in [0.15, 0.2) is 5.78 Å². The summed E-state index contributed by atoms with van der Waals surface area (Å²) in [6.07, 6.45) is 0. The van der Waals surface area contributed by atoms with E-state index in [-0.39, 0.29) is 20.6 Å². The SMILES string of the molecule is O=C1C(=O)N(c2cccc(Cl)c2)C(c2ccc(Cl)cc2)C1C(=O)c1ccc(Cl)c(Cl)c1Cl. The van der Waals surface area contributed by atoms with E-state index in [2.05, 4.69) is 0 Å². The van der Waals surface area contributed by atoms with E-state index in [0.29, 0.717) is 21.3 Å². The number of hydrogen-bond acceptors (Lipinski definition) is 3. The van der Waals surface area contributed by atoms with Crippen LogP contribution in [0.4, 0.5) is 5.69 Å². The first-order chi connectivity index (χ1) is 15.2. The maximum atomic E-state index is 13.5. The van der Waals surface area contributed by atoms with E-state index in [9.17, 15) is 14.4 Å². The molecule has 3 aromatic carbocycles. The van der Waals surface area contributed by atoms with Crippen LogP contribution in [-0.4, -0.2) is 17.5 Å². The fourth-order valence-electron chi connectivity index (χ4n) is 3.72. The fraction of sp³-hybridized carbons (Fsp3) is 0.0870. The molecule has 0 aliphatic carbocycles. The van der Waals surface area contributed by atoms with Crippen molar-refractivity contribution in [1.29, 1.82) is 0 Å². The van der Waals surface area contributed by atoms with E-state index < -0.39 is 29.4 Å². The molecular weight excluding hydrogens is 516 g/mol. The second-order valence-corrected chi connectivity index (χ2v) is 9.12. The van der Waals surface area contributed by atoms with Crippen LogP contribution in [0.2, 0.25) is 25.1 Å². The third-order valence-electron chi connectivity index (χ3n) is 5.19. The van der Waals surface area contributed by atoms with Crippen LogP contribution < -0.4 is 4.90 Å². The number of ketones is 2. The number of amides is 1. The van der Waals surface area contributed by atoms with Gasteiger partial charge in [0, 0.05) is 21.3 Å². The van der Waals surface area contributed by atoms with Gasteiger partial charge >= 0.3 is 0 Å². The molecule has 2 unspecified atom stereocenters. The maximum absolute atomic E-state index is 13.5. The predicted molar refractivity (Wildman–Crippen MR) is 127 cm³/mol. The molecule has 3 aromatic rings. The Kier molecular flexibility index (Phi) is 6.53. The highest BCUT2D eigenvalue weighted by atomic mass is 35.5. The summed E-state index contributed by atoms with van der Waals surface area (Å²) in [6, 6.07) is 14.9. The Morgan fingerprint density at radius 1 is 0.781 bits per heavy atom. The molecule has 4 rings (SSSR count). The molecule has 4 nitrogen and oxygen atoms in total. The van der Waals surface area contributed by atoms with E-state index in [1.54, 1.807) is 48.5 Å². The van der Waals surface area contributed by atoms with Crippen molar-refractivity contribution in [2.75, 3.05) is 4.90 Å². The molecule has 32 heavy (non-hydrogen) atoms. The van der Waals surface area contributed by atoms with Gasteiger partial charge < -0.3 is 0 Å². The number of anilines is 1. The van der Waals surface area contributed by atoms with Gasteiger partial charge in [-0.2, -0.15) is 0 Å². The minimum Gasteiger partial charge on any atom is -0.297 e. The van der Waals surface area contributed by atoms with E-state index >= 15 is 0 Å². The zero-order valence-electron chi connectivity index (χ0n) is 16.0. The maximum Gasteiger partial charge on any atom is 0.295 e. The van der Waals surface area contributed by atoms with Crippen LogP contribution in [0.5, 0.6) is 0 Å². The lowest BCUT2D eigenvalue weighted by molar-refractivity contribution is -0.135. The van der Waals surface area contributed by atoms with Gasteiger partial charge in [-0.1, -0.05) is 76.2 Å². The van der Waals surface area contributed by atoms with E-state index in [1.165, 1.54) is 17.0 Å². The number of carbonyl (C=O) groups excluding carboxylic acids is 3. The van der Waals surface area contributed by atoms with E-state index in [0.717, 1.165) is 0 Å². The van der Waals surface area contributed by atoms with E-state index in [1.807, 2.05) is 0 Å². The molecule has 0 saturated carbocycles. The molecule has 1 aliphatic heterocycles. The van der Waals surface area contributed by atoms with Crippen LogP contribution >= 0.6 is 58.0 Å². The van der Waals surface area contributed by atoms with Crippen molar-refractivity contribution >= 4 is 81.2 Å². The predicted octanol–water partition coefficient (Wildman–Crippen LogP) is 7.11. The molecule has 0 aromatic heterocycles. The number of nitrogens with zero attached hydrogens (tertiary/aromatic N) is 1. The highest BCUT2D eigenvalue weighted by Crippen LogP contribution is 2.43. The smallest absolute Gasteiger partial charge is 0.295 e. The van der Waals surface area contributed by atoms with Crippen molar-refractivity contribution in [3.05, 3.63) is 96.9 Å². The van der Waals surface area contributed by atoms with Gasteiger partial charge in [0.2, 0.25) is 5.78 Å². The summed E-state index contributed by atoms with van der Waals surface area (Å²) < 4.78 is 0. The minimum absolute atomic E-state index is 0.000811. The Bertz CT molecular complexity index is 1260. The molecule has 1 saturated heterocycles. The number of hydrogen-bond donors (Lipinski definition) is 0. The molecule has 0 bridgehead atoms. The Labute approximate surface area is 208 Å². The lowest BCUT2D eigenvalue weighted by atomic mass is 9.86. The molecule has 1 fully saturated rings. The van der Waals surface area contributed by atoms with Gasteiger partial charge in [0.1, 0.15) is 5.92 Å². The second-order valence-electron chi connectivity index (χ2n) is 7.08. The summed E-state index contributed by atoms with van der Waals surface area (Å²) >= 11 is 30.5. The third kappa shape index (κ3) is 4.02. The molecule has 0 radical (unpaired) electrons. The summed E-state index contributed by atoms with van der Waals surface area (Å²) in [4.78, 5) is 41.0. The van der Waals surface area contributed by atoms with Gasteiger partial charge in [0.05, 0.1) is 21.1 Å². The van der Waals surface area contributed by atoms with Crippen molar-refractivity contribution < 1.29 is 14.4 Å². The number of rotatable bonds is 4. The van der Waals surface area contributed by atoms with Crippen molar-refractivity contribution in [3.8, 4) is 0 Å². The standard InChI is InChI=1S/C23H12Cl5NO3/c24-12-6-4-11(5-7-12)20-17(21(30)15-8-9-16(26)19(28)18(15)27)22(31)23(32)29(20)14-3-1-2-13(25)10-14/h1-10,17,20H. The molecule has 1 heterocycles. The van der Waals surface area contributed by atoms with Crippen molar-refractivity contribution in [2.45, 2.75) is 6.04 Å². The van der Waals surface area contributed by atoms with E-state index in [4.69, 9.17) is 58.0 Å². The molecule has 162 valence electrons.